The lowest BCUT2D eigenvalue weighted by molar-refractivity contribution is -0.112. The van der Waals surface area contributed by atoms with Crippen LogP contribution in [0.2, 0.25) is 0 Å². The van der Waals surface area contributed by atoms with Crippen molar-refractivity contribution in [3.63, 3.8) is 0 Å². The highest BCUT2D eigenvalue weighted by atomic mass is 79.9. The minimum absolute atomic E-state index is 0.00459. The fraction of sp³-hybridized carbons (Fsp3) is 0.0833. The number of nitrogens with one attached hydrogen (secondary N) is 1. The number of nitrogens with zero attached hydrogens (tertiary/aromatic N) is 1. The average Bonchev–Trinajstić information content (AvgIpc) is 2.74. The van der Waals surface area contributed by atoms with Crippen LogP contribution < -0.4 is 10.1 Å². The summed E-state index contributed by atoms with van der Waals surface area (Å²) >= 11 is 10.4. The minimum atomic E-state index is -0.475. The molecule has 0 unspecified atom stereocenters. The first-order valence-corrected chi connectivity index (χ1v) is 11.6. The zero-order valence-corrected chi connectivity index (χ0v) is 21.2. The normalized spacial score (nSPS) is 11.0. The number of ether oxygens (including phenoxy) is 1. The lowest BCUT2D eigenvalue weighted by atomic mass is 10.1. The number of benzene rings is 3. The highest BCUT2D eigenvalue weighted by Gasteiger charge is 2.13. The van der Waals surface area contributed by atoms with E-state index in [0.29, 0.717) is 32.6 Å². The van der Waals surface area contributed by atoms with E-state index >= 15 is 0 Å². The van der Waals surface area contributed by atoms with Gasteiger partial charge in [-0.3, -0.25) is 4.79 Å². The number of halogens is 3. The molecule has 0 spiro atoms. The molecule has 0 bridgehead atoms. The molecule has 3 rings (SSSR count). The van der Waals surface area contributed by atoms with Crippen molar-refractivity contribution in [2.24, 2.45) is 0 Å². The second-order valence-electron chi connectivity index (χ2n) is 6.72. The number of amides is 1. The van der Waals surface area contributed by atoms with Crippen molar-refractivity contribution in [2.45, 2.75) is 13.5 Å². The summed E-state index contributed by atoms with van der Waals surface area (Å²) in [6.07, 6.45) is 1.54. The van der Waals surface area contributed by atoms with Crippen molar-refractivity contribution in [1.29, 1.82) is 5.26 Å². The summed E-state index contributed by atoms with van der Waals surface area (Å²) in [4.78, 5) is 12.5. The van der Waals surface area contributed by atoms with E-state index < -0.39 is 5.91 Å². The van der Waals surface area contributed by atoms with Crippen molar-refractivity contribution >= 4 is 65.5 Å². The van der Waals surface area contributed by atoms with Crippen LogP contribution in [-0.4, -0.2) is 5.91 Å². The fourth-order valence-electron chi connectivity index (χ4n) is 2.69. The molecular weight excluding hydrogens is 588 g/mol. The van der Waals surface area contributed by atoms with Crippen LogP contribution in [-0.2, 0) is 11.4 Å². The molecule has 0 aromatic heterocycles. The largest absolute Gasteiger partial charge is 0.487 e. The smallest absolute Gasteiger partial charge is 0.266 e. The zero-order chi connectivity index (χ0) is 22.4. The maximum atomic E-state index is 12.5. The van der Waals surface area contributed by atoms with Gasteiger partial charge >= 0.3 is 0 Å². The summed E-state index contributed by atoms with van der Waals surface area (Å²) in [5, 5.41) is 12.2. The lowest BCUT2D eigenvalue weighted by Gasteiger charge is -2.12. The molecule has 7 heteroatoms. The Hall–Kier alpha value is -2.40. The van der Waals surface area contributed by atoms with Gasteiger partial charge in [-0.05, 0) is 92.4 Å². The Labute approximate surface area is 206 Å². The molecule has 0 heterocycles. The van der Waals surface area contributed by atoms with Crippen LogP contribution in [0, 0.1) is 18.3 Å². The van der Waals surface area contributed by atoms with Gasteiger partial charge in [-0.1, -0.05) is 45.8 Å². The van der Waals surface area contributed by atoms with Crippen LogP contribution in [0.4, 0.5) is 5.69 Å². The predicted molar refractivity (Wildman–Crippen MR) is 134 cm³/mol. The number of carbonyl (C=O) groups excluding carboxylic acids is 1. The summed E-state index contributed by atoms with van der Waals surface area (Å²) in [5.74, 6) is 0.173. The van der Waals surface area contributed by atoms with Crippen molar-refractivity contribution in [3.8, 4) is 11.8 Å². The Morgan fingerprint density at radius 1 is 1.03 bits per heavy atom. The minimum Gasteiger partial charge on any atom is -0.487 e. The van der Waals surface area contributed by atoms with Gasteiger partial charge in [-0.15, -0.1) is 0 Å². The van der Waals surface area contributed by atoms with Crippen LogP contribution in [0.25, 0.3) is 6.08 Å². The highest BCUT2D eigenvalue weighted by Crippen LogP contribution is 2.36. The quantitative estimate of drug-likeness (QED) is 0.235. The number of hydrogen-bond acceptors (Lipinski definition) is 3. The van der Waals surface area contributed by atoms with Crippen LogP contribution in [0.15, 0.2) is 79.7 Å². The Balaban J connectivity index is 1.76. The number of carbonyl (C=O) groups is 1. The van der Waals surface area contributed by atoms with Crippen LogP contribution in [0.5, 0.6) is 5.75 Å². The van der Waals surface area contributed by atoms with Crippen LogP contribution in [0.3, 0.4) is 0 Å². The van der Waals surface area contributed by atoms with Gasteiger partial charge in [0.05, 0.1) is 8.95 Å². The monoisotopic (exact) mass is 602 g/mol. The SMILES string of the molecule is Cc1ccc(COc2c(Br)cc(/C=C(/C#N)C(=O)Nc3ccc(Br)cc3)cc2Br)cc1. The summed E-state index contributed by atoms with van der Waals surface area (Å²) in [7, 11) is 0. The van der Waals surface area contributed by atoms with Gasteiger partial charge in [-0.2, -0.15) is 5.26 Å². The molecule has 0 aliphatic heterocycles. The average molecular weight is 605 g/mol. The van der Waals surface area contributed by atoms with Crippen molar-refractivity contribution in [1.82, 2.24) is 0 Å². The molecule has 0 atom stereocenters. The van der Waals surface area contributed by atoms with Crippen molar-refractivity contribution in [2.75, 3.05) is 5.32 Å². The first-order chi connectivity index (χ1) is 14.9. The Kier molecular flexibility index (Phi) is 8.08. The van der Waals surface area contributed by atoms with E-state index in [1.165, 1.54) is 11.6 Å². The molecule has 3 aromatic carbocycles. The molecule has 156 valence electrons. The van der Waals surface area contributed by atoms with Gasteiger partial charge in [0.25, 0.3) is 5.91 Å². The van der Waals surface area contributed by atoms with Gasteiger partial charge in [0.15, 0.2) is 0 Å². The predicted octanol–water partition coefficient (Wildman–Crippen LogP) is 7.41. The third kappa shape index (κ3) is 6.54. The van der Waals surface area contributed by atoms with E-state index in [1.54, 1.807) is 24.3 Å². The maximum Gasteiger partial charge on any atom is 0.266 e. The number of nitriles is 1. The standard InChI is InChI=1S/C24H17Br3N2O2/c1-15-2-4-16(5-3-15)14-31-23-21(26)11-17(12-22(23)27)10-18(13-28)24(30)29-20-8-6-19(25)7-9-20/h2-12H,14H2,1H3,(H,29,30)/b18-10-. The summed E-state index contributed by atoms with van der Waals surface area (Å²) in [6, 6.07) is 20.8. The lowest BCUT2D eigenvalue weighted by Crippen LogP contribution is -2.13. The number of aryl methyl sites for hydroxylation is 1. The van der Waals surface area contributed by atoms with E-state index in [4.69, 9.17) is 4.74 Å². The van der Waals surface area contributed by atoms with E-state index in [-0.39, 0.29) is 5.57 Å². The molecule has 0 saturated heterocycles. The molecular formula is C24H17Br3N2O2. The molecule has 0 fully saturated rings. The molecule has 0 saturated carbocycles. The van der Waals surface area contributed by atoms with Gasteiger partial charge in [-0.25, -0.2) is 0 Å². The molecule has 0 aliphatic rings. The topological polar surface area (TPSA) is 62.1 Å². The van der Waals surface area contributed by atoms with E-state index in [0.717, 1.165) is 10.0 Å². The molecule has 0 aliphatic carbocycles. The molecule has 31 heavy (non-hydrogen) atoms. The second-order valence-corrected chi connectivity index (χ2v) is 9.34. The van der Waals surface area contributed by atoms with Gasteiger partial charge in [0.2, 0.25) is 0 Å². The fourth-order valence-corrected chi connectivity index (χ4v) is 4.40. The third-order valence-electron chi connectivity index (χ3n) is 4.30. The molecule has 1 amide bonds. The van der Waals surface area contributed by atoms with E-state index in [9.17, 15) is 10.1 Å². The van der Waals surface area contributed by atoms with Gasteiger partial charge in [0.1, 0.15) is 24.0 Å². The van der Waals surface area contributed by atoms with Gasteiger partial charge in [0, 0.05) is 10.2 Å². The van der Waals surface area contributed by atoms with Gasteiger partial charge < -0.3 is 10.1 Å². The number of rotatable bonds is 6. The highest BCUT2D eigenvalue weighted by molar-refractivity contribution is 9.11. The van der Waals surface area contributed by atoms with E-state index in [1.807, 2.05) is 49.4 Å². The maximum absolute atomic E-state index is 12.5. The molecule has 0 radical (unpaired) electrons. The number of anilines is 1. The summed E-state index contributed by atoms with van der Waals surface area (Å²) in [5.41, 5.74) is 3.54. The molecule has 3 aromatic rings. The first-order valence-electron chi connectivity index (χ1n) is 9.22. The number of hydrogen-bond donors (Lipinski definition) is 1. The zero-order valence-electron chi connectivity index (χ0n) is 16.5. The van der Waals surface area contributed by atoms with Crippen LogP contribution >= 0.6 is 47.8 Å². The summed E-state index contributed by atoms with van der Waals surface area (Å²) < 4.78 is 8.28. The Morgan fingerprint density at radius 3 is 2.23 bits per heavy atom. The van der Waals surface area contributed by atoms with E-state index in [2.05, 4.69) is 53.1 Å². The molecule has 4 nitrogen and oxygen atoms in total. The Morgan fingerprint density at radius 2 is 1.65 bits per heavy atom. The summed E-state index contributed by atoms with van der Waals surface area (Å²) in [6.45, 7) is 2.46. The Bertz CT molecular complexity index is 1140. The molecule has 1 N–H and O–H groups in total. The third-order valence-corrected chi connectivity index (χ3v) is 6.01. The first kappa shape index (κ1) is 23.3. The van der Waals surface area contributed by atoms with Crippen LogP contribution in [0.1, 0.15) is 16.7 Å². The van der Waals surface area contributed by atoms with Crippen molar-refractivity contribution < 1.29 is 9.53 Å². The second kappa shape index (κ2) is 10.8. The van der Waals surface area contributed by atoms with Crippen molar-refractivity contribution in [3.05, 3.63) is 96.3 Å².